The van der Waals surface area contributed by atoms with Gasteiger partial charge in [-0.2, -0.15) is 0 Å². The second kappa shape index (κ2) is 7.24. The Bertz CT molecular complexity index is 396. The van der Waals surface area contributed by atoms with Crippen molar-refractivity contribution in [3.05, 3.63) is 29.6 Å². The van der Waals surface area contributed by atoms with E-state index in [9.17, 15) is 4.79 Å². The molecule has 0 aromatic carbocycles. The van der Waals surface area contributed by atoms with Crippen molar-refractivity contribution in [1.82, 2.24) is 15.2 Å². The molecule has 19 heavy (non-hydrogen) atoms. The van der Waals surface area contributed by atoms with Crippen LogP contribution < -0.4 is 5.32 Å². The second-order valence-corrected chi connectivity index (χ2v) is 5.18. The molecular formula is C15H23N3O. The number of aryl methyl sites for hydroxylation is 1. The van der Waals surface area contributed by atoms with E-state index in [1.54, 1.807) is 0 Å². The van der Waals surface area contributed by atoms with Crippen LogP contribution in [0.2, 0.25) is 0 Å². The molecular weight excluding hydrogens is 238 g/mol. The maximum absolute atomic E-state index is 11.9. The zero-order chi connectivity index (χ0) is 13.5. The lowest BCUT2D eigenvalue weighted by Gasteiger charge is -2.26. The molecule has 1 amide bonds. The lowest BCUT2D eigenvalue weighted by Crippen LogP contribution is -2.37. The summed E-state index contributed by atoms with van der Waals surface area (Å²) in [4.78, 5) is 18.2. The Labute approximate surface area is 115 Å². The summed E-state index contributed by atoms with van der Waals surface area (Å²) in [5.41, 5.74) is 2.19. The van der Waals surface area contributed by atoms with Gasteiger partial charge in [-0.05, 0) is 37.8 Å². The van der Waals surface area contributed by atoms with Gasteiger partial charge in [-0.1, -0.05) is 6.07 Å². The number of piperidine rings is 1. The molecule has 104 valence electrons. The predicted molar refractivity (Wildman–Crippen MR) is 75.7 cm³/mol. The molecule has 0 saturated carbocycles. The number of carbonyl (C=O) groups is 1. The standard InChI is InChI=1S/C15H23N3O/c1-13-5-6-14(12-17-13)11-16-8-7-15(19)18-9-3-2-4-10-18/h5-6,12,16H,2-4,7-11H2,1H3. The van der Waals surface area contributed by atoms with E-state index in [1.165, 1.54) is 6.42 Å². The summed E-state index contributed by atoms with van der Waals surface area (Å²) < 4.78 is 0. The molecule has 0 radical (unpaired) electrons. The van der Waals surface area contributed by atoms with Gasteiger partial charge in [0.2, 0.25) is 5.91 Å². The molecule has 4 nitrogen and oxygen atoms in total. The van der Waals surface area contributed by atoms with Gasteiger partial charge in [-0.25, -0.2) is 0 Å². The van der Waals surface area contributed by atoms with Gasteiger partial charge >= 0.3 is 0 Å². The van der Waals surface area contributed by atoms with Crippen molar-refractivity contribution in [3.63, 3.8) is 0 Å². The van der Waals surface area contributed by atoms with Crippen molar-refractivity contribution in [2.24, 2.45) is 0 Å². The molecule has 0 aliphatic carbocycles. The summed E-state index contributed by atoms with van der Waals surface area (Å²) in [5, 5.41) is 3.30. The minimum atomic E-state index is 0.286. The van der Waals surface area contributed by atoms with Crippen LogP contribution in [0.3, 0.4) is 0 Å². The third-order valence-corrected chi connectivity index (χ3v) is 3.53. The number of carbonyl (C=O) groups excluding carboxylic acids is 1. The van der Waals surface area contributed by atoms with Crippen molar-refractivity contribution in [2.45, 2.75) is 39.2 Å². The minimum Gasteiger partial charge on any atom is -0.343 e. The smallest absolute Gasteiger partial charge is 0.223 e. The van der Waals surface area contributed by atoms with Gasteiger partial charge in [0.1, 0.15) is 0 Å². The average Bonchev–Trinajstić information content (AvgIpc) is 2.46. The number of aromatic nitrogens is 1. The summed E-state index contributed by atoms with van der Waals surface area (Å²) in [6.07, 6.45) is 6.07. The number of hydrogen-bond donors (Lipinski definition) is 1. The highest BCUT2D eigenvalue weighted by Crippen LogP contribution is 2.09. The van der Waals surface area contributed by atoms with E-state index in [0.29, 0.717) is 6.42 Å². The van der Waals surface area contributed by atoms with Crippen LogP contribution in [0.15, 0.2) is 18.3 Å². The fourth-order valence-electron chi connectivity index (χ4n) is 2.33. The second-order valence-electron chi connectivity index (χ2n) is 5.18. The molecule has 1 aliphatic heterocycles. The third kappa shape index (κ3) is 4.63. The summed E-state index contributed by atoms with van der Waals surface area (Å²) in [7, 11) is 0. The van der Waals surface area contributed by atoms with Crippen LogP contribution in [-0.2, 0) is 11.3 Å². The van der Waals surface area contributed by atoms with Crippen LogP contribution >= 0.6 is 0 Å². The average molecular weight is 261 g/mol. The van der Waals surface area contributed by atoms with E-state index in [4.69, 9.17) is 0 Å². The monoisotopic (exact) mass is 261 g/mol. The zero-order valence-corrected chi connectivity index (χ0v) is 11.7. The number of rotatable bonds is 5. The normalized spacial score (nSPS) is 15.5. The first-order chi connectivity index (χ1) is 9.25. The largest absolute Gasteiger partial charge is 0.343 e. The summed E-state index contributed by atoms with van der Waals surface area (Å²) in [6.45, 7) is 5.39. The molecule has 0 spiro atoms. The Balaban J connectivity index is 1.63. The van der Waals surface area contributed by atoms with Gasteiger partial charge in [-0.3, -0.25) is 9.78 Å². The highest BCUT2D eigenvalue weighted by molar-refractivity contribution is 5.76. The molecule has 1 aromatic heterocycles. The molecule has 0 unspecified atom stereocenters. The maximum Gasteiger partial charge on any atom is 0.223 e. The molecule has 1 saturated heterocycles. The molecule has 0 bridgehead atoms. The highest BCUT2D eigenvalue weighted by atomic mass is 16.2. The first-order valence-corrected chi connectivity index (χ1v) is 7.16. The summed E-state index contributed by atoms with van der Waals surface area (Å²) in [5.74, 6) is 0.286. The van der Waals surface area contributed by atoms with Crippen molar-refractivity contribution in [3.8, 4) is 0 Å². The summed E-state index contributed by atoms with van der Waals surface area (Å²) in [6, 6.07) is 4.08. The quantitative estimate of drug-likeness (QED) is 0.823. The Hall–Kier alpha value is -1.42. The lowest BCUT2D eigenvalue weighted by molar-refractivity contribution is -0.131. The van der Waals surface area contributed by atoms with Crippen LogP contribution in [0, 0.1) is 6.92 Å². The van der Waals surface area contributed by atoms with E-state index in [2.05, 4.69) is 16.4 Å². The fraction of sp³-hybridized carbons (Fsp3) is 0.600. The number of amides is 1. The van der Waals surface area contributed by atoms with Crippen LogP contribution in [-0.4, -0.2) is 35.4 Å². The minimum absolute atomic E-state index is 0.286. The zero-order valence-electron chi connectivity index (χ0n) is 11.7. The molecule has 2 rings (SSSR count). The Kier molecular flexibility index (Phi) is 5.33. The molecule has 1 N–H and O–H groups in total. The van der Waals surface area contributed by atoms with E-state index in [1.807, 2.05) is 24.1 Å². The number of nitrogens with zero attached hydrogens (tertiary/aromatic N) is 2. The molecule has 1 fully saturated rings. The van der Waals surface area contributed by atoms with Crippen molar-refractivity contribution < 1.29 is 4.79 Å². The first-order valence-electron chi connectivity index (χ1n) is 7.16. The van der Waals surface area contributed by atoms with Crippen LogP contribution in [0.25, 0.3) is 0 Å². The third-order valence-electron chi connectivity index (χ3n) is 3.53. The fourth-order valence-corrected chi connectivity index (χ4v) is 2.33. The van der Waals surface area contributed by atoms with Gasteiger partial charge in [0.25, 0.3) is 0 Å². The van der Waals surface area contributed by atoms with Crippen molar-refractivity contribution in [2.75, 3.05) is 19.6 Å². The molecule has 4 heteroatoms. The van der Waals surface area contributed by atoms with Crippen molar-refractivity contribution >= 4 is 5.91 Å². The Morgan fingerprint density at radius 1 is 1.32 bits per heavy atom. The Morgan fingerprint density at radius 2 is 2.11 bits per heavy atom. The van der Waals surface area contributed by atoms with Gasteiger partial charge in [-0.15, -0.1) is 0 Å². The SMILES string of the molecule is Cc1ccc(CNCCC(=O)N2CCCCC2)cn1. The van der Waals surface area contributed by atoms with Gasteiger partial charge in [0, 0.05) is 44.5 Å². The van der Waals surface area contributed by atoms with Crippen molar-refractivity contribution in [1.29, 1.82) is 0 Å². The highest BCUT2D eigenvalue weighted by Gasteiger charge is 2.15. The Morgan fingerprint density at radius 3 is 2.79 bits per heavy atom. The molecule has 2 heterocycles. The number of likely N-dealkylation sites (tertiary alicyclic amines) is 1. The summed E-state index contributed by atoms with van der Waals surface area (Å²) >= 11 is 0. The molecule has 1 aromatic rings. The first kappa shape index (κ1) is 14.0. The van der Waals surface area contributed by atoms with E-state index in [-0.39, 0.29) is 5.91 Å². The van der Waals surface area contributed by atoms with E-state index in [0.717, 1.165) is 50.3 Å². The van der Waals surface area contributed by atoms with E-state index >= 15 is 0 Å². The van der Waals surface area contributed by atoms with Gasteiger partial charge in [0.05, 0.1) is 0 Å². The number of pyridine rings is 1. The van der Waals surface area contributed by atoms with Crippen LogP contribution in [0.5, 0.6) is 0 Å². The molecule has 1 aliphatic rings. The van der Waals surface area contributed by atoms with Crippen LogP contribution in [0.1, 0.15) is 36.9 Å². The van der Waals surface area contributed by atoms with E-state index < -0.39 is 0 Å². The lowest BCUT2D eigenvalue weighted by atomic mass is 10.1. The maximum atomic E-state index is 11.9. The number of hydrogen-bond acceptors (Lipinski definition) is 3. The molecule has 0 atom stereocenters. The number of nitrogens with one attached hydrogen (secondary N) is 1. The van der Waals surface area contributed by atoms with Crippen LogP contribution in [0.4, 0.5) is 0 Å². The van der Waals surface area contributed by atoms with Gasteiger partial charge in [0.15, 0.2) is 0 Å². The predicted octanol–water partition coefficient (Wildman–Crippen LogP) is 1.88. The topological polar surface area (TPSA) is 45.2 Å². The van der Waals surface area contributed by atoms with Gasteiger partial charge < -0.3 is 10.2 Å².